The van der Waals surface area contributed by atoms with Gasteiger partial charge in [-0.2, -0.15) is 0 Å². The van der Waals surface area contributed by atoms with Crippen molar-refractivity contribution >= 4 is 5.69 Å². The number of methoxy groups -OCH3 is 1. The van der Waals surface area contributed by atoms with E-state index in [-0.39, 0.29) is 0 Å². The third kappa shape index (κ3) is 2.99. The summed E-state index contributed by atoms with van der Waals surface area (Å²) in [5.41, 5.74) is 1.92. The fraction of sp³-hybridized carbons (Fsp3) is 0.294. The second kappa shape index (κ2) is 5.72. The molecule has 0 spiro atoms. The molecule has 4 heteroatoms. The quantitative estimate of drug-likeness (QED) is 0.904. The molecule has 0 radical (unpaired) electrons. The van der Waals surface area contributed by atoms with Gasteiger partial charge in [0.25, 0.3) is 0 Å². The van der Waals surface area contributed by atoms with E-state index in [0.29, 0.717) is 17.6 Å². The molecule has 1 aliphatic rings. The molecule has 1 aliphatic carbocycles. The normalized spacial score (nSPS) is 20.7. The number of hydrogen-bond acceptors (Lipinski definition) is 2. The van der Waals surface area contributed by atoms with Crippen molar-refractivity contribution in [2.45, 2.75) is 24.8 Å². The Morgan fingerprint density at radius 1 is 1.00 bits per heavy atom. The van der Waals surface area contributed by atoms with Gasteiger partial charge in [-0.15, -0.1) is 0 Å². The van der Waals surface area contributed by atoms with Crippen LogP contribution in [0.4, 0.5) is 14.5 Å². The number of hydrogen-bond donors (Lipinski definition) is 1. The first-order valence-electron chi connectivity index (χ1n) is 7.01. The molecule has 2 aromatic carbocycles. The zero-order chi connectivity index (χ0) is 14.8. The van der Waals surface area contributed by atoms with Crippen LogP contribution in [0.2, 0.25) is 0 Å². The maximum absolute atomic E-state index is 13.1. The maximum Gasteiger partial charge on any atom is 0.160 e. The van der Waals surface area contributed by atoms with Crippen molar-refractivity contribution in [1.82, 2.24) is 0 Å². The molecule has 3 rings (SSSR count). The molecule has 0 saturated heterocycles. The van der Waals surface area contributed by atoms with Crippen LogP contribution in [0.3, 0.4) is 0 Å². The van der Waals surface area contributed by atoms with Gasteiger partial charge < -0.3 is 10.1 Å². The SMILES string of the molecule is COc1ccc(C2CC(Nc3ccc(F)c(F)c3)C2)cc1. The lowest BCUT2D eigenvalue weighted by atomic mass is 9.76. The second-order valence-corrected chi connectivity index (χ2v) is 5.41. The number of nitrogens with one attached hydrogen (secondary N) is 1. The summed E-state index contributed by atoms with van der Waals surface area (Å²) in [7, 11) is 1.65. The first kappa shape index (κ1) is 13.9. The smallest absolute Gasteiger partial charge is 0.160 e. The highest BCUT2D eigenvalue weighted by molar-refractivity contribution is 5.45. The number of anilines is 1. The number of rotatable bonds is 4. The van der Waals surface area contributed by atoms with Gasteiger partial charge in [-0.05, 0) is 48.6 Å². The van der Waals surface area contributed by atoms with E-state index >= 15 is 0 Å². The predicted octanol–water partition coefficient (Wildman–Crippen LogP) is 4.33. The van der Waals surface area contributed by atoms with Crippen LogP contribution in [0.25, 0.3) is 0 Å². The maximum atomic E-state index is 13.1. The van der Waals surface area contributed by atoms with E-state index in [1.807, 2.05) is 12.1 Å². The molecule has 0 aliphatic heterocycles. The Morgan fingerprint density at radius 3 is 2.33 bits per heavy atom. The topological polar surface area (TPSA) is 21.3 Å². The molecule has 110 valence electrons. The summed E-state index contributed by atoms with van der Waals surface area (Å²) in [6.07, 6.45) is 1.98. The first-order valence-corrected chi connectivity index (χ1v) is 7.01. The number of ether oxygens (including phenoxy) is 1. The highest BCUT2D eigenvalue weighted by Gasteiger charge is 2.30. The largest absolute Gasteiger partial charge is 0.497 e. The van der Waals surface area contributed by atoms with Crippen molar-refractivity contribution in [2.24, 2.45) is 0 Å². The summed E-state index contributed by atoms with van der Waals surface area (Å²) >= 11 is 0. The van der Waals surface area contributed by atoms with Gasteiger partial charge in [-0.1, -0.05) is 12.1 Å². The lowest BCUT2D eigenvalue weighted by Gasteiger charge is -2.37. The monoisotopic (exact) mass is 289 g/mol. The molecule has 0 amide bonds. The molecular formula is C17H17F2NO. The minimum Gasteiger partial charge on any atom is -0.497 e. The van der Waals surface area contributed by atoms with E-state index in [2.05, 4.69) is 17.4 Å². The van der Waals surface area contributed by atoms with Gasteiger partial charge in [-0.3, -0.25) is 0 Å². The van der Waals surface area contributed by atoms with Gasteiger partial charge >= 0.3 is 0 Å². The van der Waals surface area contributed by atoms with Gasteiger partial charge in [0, 0.05) is 17.8 Å². The van der Waals surface area contributed by atoms with Crippen LogP contribution in [0.5, 0.6) is 5.75 Å². The summed E-state index contributed by atoms with van der Waals surface area (Å²) in [4.78, 5) is 0. The van der Waals surface area contributed by atoms with Crippen molar-refractivity contribution < 1.29 is 13.5 Å². The molecule has 21 heavy (non-hydrogen) atoms. The van der Waals surface area contributed by atoms with Crippen molar-refractivity contribution in [3.05, 3.63) is 59.7 Å². The highest BCUT2D eigenvalue weighted by Crippen LogP contribution is 2.39. The van der Waals surface area contributed by atoms with Crippen LogP contribution >= 0.6 is 0 Å². The van der Waals surface area contributed by atoms with E-state index < -0.39 is 11.6 Å². The van der Waals surface area contributed by atoms with Crippen molar-refractivity contribution in [3.8, 4) is 5.75 Å². The van der Waals surface area contributed by atoms with Gasteiger partial charge in [-0.25, -0.2) is 8.78 Å². The zero-order valence-corrected chi connectivity index (χ0v) is 11.8. The molecule has 1 saturated carbocycles. The third-order valence-electron chi connectivity index (χ3n) is 4.02. The standard InChI is InChI=1S/C17H17F2NO/c1-21-15-5-2-11(3-6-15)12-8-14(9-12)20-13-4-7-16(18)17(19)10-13/h2-7,10,12,14,20H,8-9H2,1H3. The summed E-state index contributed by atoms with van der Waals surface area (Å²) in [5.74, 6) is -0.260. The van der Waals surface area contributed by atoms with Crippen LogP contribution in [-0.4, -0.2) is 13.2 Å². The van der Waals surface area contributed by atoms with Crippen LogP contribution in [0.15, 0.2) is 42.5 Å². The summed E-state index contributed by atoms with van der Waals surface area (Å²) in [6, 6.07) is 12.3. The lowest BCUT2D eigenvalue weighted by Crippen LogP contribution is -2.34. The Hall–Kier alpha value is -2.10. The minimum atomic E-state index is -0.815. The van der Waals surface area contributed by atoms with Crippen molar-refractivity contribution in [3.63, 3.8) is 0 Å². The molecule has 0 aromatic heterocycles. The Balaban J connectivity index is 1.56. The van der Waals surface area contributed by atoms with E-state index in [0.717, 1.165) is 24.7 Å². The molecule has 0 unspecified atom stereocenters. The Kier molecular flexibility index (Phi) is 3.78. The minimum absolute atomic E-state index is 0.307. The van der Waals surface area contributed by atoms with Gasteiger partial charge in [0.05, 0.1) is 7.11 Å². The fourth-order valence-electron chi connectivity index (χ4n) is 2.71. The fourth-order valence-corrected chi connectivity index (χ4v) is 2.71. The van der Waals surface area contributed by atoms with E-state index in [4.69, 9.17) is 4.74 Å². The van der Waals surface area contributed by atoms with Crippen LogP contribution in [0, 0.1) is 11.6 Å². The summed E-state index contributed by atoms with van der Waals surface area (Å²) in [6.45, 7) is 0. The van der Waals surface area contributed by atoms with Gasteiger partial charge in [0.2, 0.25) is 0 Å². The second-order valence-electron chi connectivity index (χ2n) is 5.41. The molecule has 0 heterocycles. The lowest BCUT2D eigenvalue weighted by molar-refractivity contribution is 0.372. The molecule has 1 fully saturated rings. The van der Waals surface area contributed by atoms with Crippen LogP contribution in [-0.2, 0) is 0 Å². The van der Waals surface area contributed by atoms with Gasteiger partial charge in [0.1, 0.15) is 5.75 Å². The predicted molar refractivity (Wildman–Crippen MR) is 78.7 cm³/mol. The zero-order valence-electron chi connectivity index (χ0n) is 11.8. The Morgan fingerprint density at radius 2 is 1.71 bits per heavy atom. The van der Waals surface area contributed by atoms with Crippen molar-refractivity contribution in [1.29, 1.82) is 0 Å². The van der Waals surface area contributed by atoms with Crippen LogP contribution < -0.4 is 10.1 Å². The van der Waals surface area contributed by atoms with Crippen LogP contribution in [0.1, 0.15) is 24.3 Å². The van der Waals surface area contributed by atoms with Crippen molar-refractivity contribution in [2.75, 3.05) is 12.4 Å². The summed E-state index contributed by atoms with van der Waals surface area (Å²) in [5, 5.41) is 3.24. The Labute approximate surface area is 122 Å². The van der Waals surface area contributed by atoms with E-state index in [1.165, 1.54) is 11.6 Å². The average Bonchev–Trinajstić information content (AvgIpc) is 2.46. The molecular weight excluding hydrogens is 272 g/mol. The molecule has 2 aromatic rings. The summed E-state index contributed by atoms with van der Waals surface area (Å²) < 4.78 is 31.1. The average molecular weight is 289 g/mol. The van der Waals surface area contributed by atoms with E-state index in [9.17, 15) is 8.78 Å². The number of halogens is 2. The first-order chi connectivity index (χ1) is 10.2. The molecule has 0 atom stereocenters. The van der Waals surface area contributed by atoms with Gasteiger partial charge in [0.15, 0.2) is 11.6 Å². The highest BCUT2D eigenvalue weighted by atomic mass is 19.2. The third-order valence-corrected chi connectivity index (χ3v) is 4.02. The van der Waals surface area contributed by atoms with E-state index in [1.54, 1.807) is 13.2 Å². The Bertz CT molecular complexity index is 621. The molecule has 2 nitrogen and oxygen atoms in total. The number of benzene rings is 2. The molecule has 1 N–H and O–H groups in total. The molecule has 0 bridgehead atoms.